The van der Waals surface area contributed by atoms with Crippen molar-refractivity contribution in [3.8, 4) is 5.75 Å². The standard InChI is InChI=1S/C15H18O2/c1-5-6-14-8-13(9-16)7-12(4)15(14)17-10-11(2)3/h5,7-9H,1-2,6,10H2,3-4H3. The van der Waals surface area contributed by atoms with Gasteiger partial charge in [-0.2, -0.15) is 0 Å². The molecule has 0 fully saturated rings. The normalized spacial score (nSPS) is 9.76. The van der Waals surface area contributed by atoms with E-state index < -0.39 is 0 Å². The average molecular weight is 230 g/mol. The average Bonchev–Trinajstić information content (AvgIpc) is 2.27. The smallest absolute Gasteiger partial charge is 0.150 e. The molecule has 0 bridgehead atoms. The molecule has 0 aliphatic carbocycles. The van der Waals surface area contributed by atoms with E-state index in [1.165, 1.54) is 0 Å². The summed E-state index contributed by atoms with van der Waals surface area (Å²) in [6.45, 7) is 11.9. The Labute approximate surface area is 103 Å². The molecule has 2 heteroatoms. The SMILES string of the molecule is C=CCc1cc(C=O)cc(C)c1OCC(=C)C. The quantitative estimate of drug-likeness (QED) is 0.552. The third-order valence-corrected chi connectivity index (χ3v) is 2.34. The zero-order valence-electron chi connectivity index (χ0n) is 10.5. The summed E-state index contributed by atoms with van der Waals surface area (Å²) >= 11 is 0. The predicted molar refractivity (Wildman–Crippen MR) is 70.8 cm³/mol. The van der Waals surface area contributed by atoms with Gasteiger partial charge in [0.05, 0.1) is 0 Å². The van der Waals surface area contributed by atoms with Crippen LogP contribution in [0.25, 0.3) is 0 Å². The number of hydrogen-bond donors (Lipinski definition) is 0. The van der Waals surface area contributed by atoms with Crippen molar-refractivity contribution in [2.24, 2.45) is 0 Å². The second kappa shape index (κ2) is 6.04. The Bertz CT molecular complexity index is 444. The van der Waals surface area contributed by atoms with Crippen LogP contribution in [0, 0.1) is 6.92 Å². The molecule has 0 aliphatic rings. The Morgan fingerprint density at radius 3 is 2.71 bits per heavy atom. The van der Waals surface area contributed by atoms with E-state index >= 15 is 0 Å². The first kappa shape index (κ1) is 13.2. The van der Waals surface area contributed by atoms with Crippen molar-refractivity contribution in [3.63, 3.8) is 0 Å². The summed E-state index contributed by atoms with van der Waals surface area (Å²) in [5.41, 5.74) is 3.59. The Morgan fingerprint density at radius 1 is 1.47 bits per heavy atom. The molecule has 0 atom stereocenters. The highest BCUT2D eigenvalue weighted by Gasteiger charge is 2.08. The van der Waals surface area contributed by atoms with Crippen molar-refractivity contribution < 1.29 is 9.53 Å². The number of carbonyl (C=O) groups is 1. The van der Waals surface area contributed by atoms with Crippen LogP contribution in [0.15, 0.2) is 36.9 Å². The van der Waals surface area contributed by atoms with Gasteiger partial charge in [0, 0.05) is 5.56 Å². The van der Waals surface area contributed by atoms with Crippen LogP contribution in [0.2, 0.25) is 0 Å². The lowest BCUT2D eigenvalue weighted by atomic mass is 10.0. The fraction of sp³-hybridized carbons (Fsp3) is 0.267. The maximum Gasteiger partial charge on any atom is 0.150 e. The Hall–Kier alpha value is -1.83. The van der Waals surface area contributed by atoms with Crippen LogP contribution >= 0.6 is 0 Å². The Balaban J connectivity index is 3.11. The van der Waals surface area contributed by atoms with Crippen molar-refractivity contribution in [3.05, 3.63) is 53.6 Å². The van der Waals surface area contributed by atoms with Gasteiger partial charge in [0.25, 0.3) is 0 Å². The van der Waals surface area contributed by atoms with E-state index in [1.807, 2.05) is 26.0 Å². The first-order valence-electron chi connectivity index (χ1n) is 5.55. The molecule has 0 spiro atoms. The Morgan fingerprint density at radius 2 is 2.18 bits per heavy atom. The molecule has 0 heterocycles. The minimum absolute atomic E-state index is 0.491. The van der Waals surface area contributed by atoms with Gasteiger partial charge < -0.3 is 4.74 Å². The second-order valence-corrected chi connectivity index (χ2v) is 4.18. The van der Waals surface area contributed by atoms with Crippen LogP contribution in [0.1, 0.15) is 28.4 Å². The molecule has 90 valence electrons. The lowest BCUT2D eigenvalue weighted by Gasteiger charge is -2.14. The van der Waals surface area contributed by atoms with E-state index in [0.717, 1.165) is 28.7 Å². The molecule has 1 aromatic carbocycles. The van der Waals surface area contributed by atoms with Crippen molar-refractivity contribution >= 4 is 6.29 Å². The maximum absolute atomic E-state index is 10.8. The minimum atomic E-state index is 0.491. The second-order valence-electron chi connectivity index (χ2n) is 4.18. The van der Waals surface area contributed by atoms with Crippen LogP contribution in [-0.2, 0) is 6.42 Å². The van der Waals surface area contributed by atoms with Gasteiger partial charge in [-0.05, 0) is 49.1 Å². The lowest BCUT2D eigenvalue weighted by molar-refractivity contribution is 0.112. The highest BCUT2D eigenvalue weighted by molar-refractivity contribution is 5.76. The van der Waals surface area contributed by atoms with Crippen LogP contribution in [0.3, 0.4) is 0 Å². The number of rotatable bonds is 6. The number of ether oxygens (including phenoxy) is 1. The van der Waals surface area contributed by atoms with Gasteiger partial charge in [-0.15, -0.1) is 6.58 Å². The van der Waals surface area contributed by atoms with E-state index in [4.69, 9.17) is 4.74 Å². The van der Waals surface area contributed by atoms with E-state index in [9.17, 15) is 4.79 Å². The van der Waals surface area contributed by atoms with E-state index in [-0.39, 0.29) is 0 Å². The molecule has 0 unspecified atom stereocenters. The highest BCUT2D eigenvalue weighted by Crippen LogP contribution is 2.26. The summed E-state index contributed by atoms with van der Waals surface area (Å²) in [6.07, 6.45) is 3.34. The topological polar surface area (TPSA) is 26.3 Å². The van der Waals surface area contributed by atoms with E-state index in [0.29, 0.717) is 18.6 Å². The largest absolute Gasteiger partial charge is 0.489 e. The summed E-state index contributed by atoms with van der Waals surface area (Å²) in [7, 11) is 0. The fourth-order valence-electron chi connectivity index (χ4n) is 1.65. The molecule has 2 nitrogen and oxygen atoms in total. The molecule has 1 rings (SSSR count). The molecule has 0 amide bonds. The zero-order chi connectivity index (χ0) is 12.8. The number of benzene rings is 1. The summed E-state index contributed by atoms with van der Waals surface area (Å²) in [4.78, 5) is 10.8. The number of aldehydes is 1. The molecule has 0 radical (unpaired) electrons. The van der Waals surface area contributed by atoms with Gasteiger partial charge in [0.15, 0.2) is 0 Å². The third kappa shape index (κ3) is 3.59. The van der Waals surface area contributed by atoms with E-state index in [1.54, 1.807) is 6.08 Å². The van der Waals surface area contributed by atoms with E-state index in [2.05, 4.69) is 13.2 Å². The number of hydrogen-bond acceptors (Lipinski definition) is 2. The summed E-state index contributed by atoms with van der Waals surface area (Å²) in [6, 6.07) is 3.67. The molecule has 0 aliphatic heterocycles. The van der Waals surface area contributed by atoms with Crippen molar-refractivity contribution in [2.45, 2.75) is 20.3 Å². The number of aryl methyl sites for hydroxylation is 1. The van der Waals surface area contributed by atoms with Crippen LogP contribution in [0.5, 0.6) is 5.75 Å². The van der Waals surface area contributed by atoms with Crippen molar-refractivity contribution in [2.75, 3.05) is 6.61 Å². The van der Waals surface area contributed by atoms with Crippen molar-refractivity contribution in [1.29, 1.82) is 0 Å². The van der Waals surface area contributed by atoms with Gasteiger partial charge in [0.2, 0.25) is 0 Å². The zero-order valence-corrected chi connectivity index (χ0v) is 10.5. The van der Waals surface area contributed by atoms with Crippen LogP contribution in [-0.4, -0.2) is 12.9 Å². The van der Waals surface area contributed by atoms with Gasteiger partial charge in [-0.1, -0.05) is 12.7 Å². The lowest BCUT2D eigenvalue weighted by Crippen LogP contribution is -2.03. The summed E-state index contributed by atoms with van der Waals surface area (Å²) in [5, 5.41) is 0. The predicted octanol–water partition coefficient (Wildman–Crippen LogP) is 3.49. The molecule has 17 heavy (non-hydrogen) atoms. The minimum Gasteiger partial charge on any atom is -0.489 e. The molecular formula is C15H18O2. The first-order chi connectivity index (χ1) is 8.08. The van der Waals surface area contributed by atoms with Gasteiger partial charge in [0.1, 0.15) is 18.6 Å². The molecular weight excluding hydrogens is 212 g/mol. The summed E-state index contributed by atoms with van der Waals surface area (Å²) < 4.78 is 5.72. The Kier molecular flexibility index (Phi) is 4.70. The number of allylic oxidation sites excluding steroid dienone is 1. The van der Waals surface area contributed by atoms with Gasteiger partial charge >= 0.3 is 0 Å². The van der Waals surface area contributed by atoms with Crippen LogP contribution in [0.4, 0.5) is 0 Å². The molecule has 0 N–H and O–H groups in total. The maximum atomic E-state index is 10.8. The number of carbonyl (C=O) groups excluding carboxylic acids is 1. The first-order valence-corrected chi connectivity index (χ1v) is 5.55. The van der Waals surface area contributed by atoms with Crippen molar-refractivity contribution in [1.82, 2.24) is 0 Å². The molecule has 1 aromatic rings. The molecule has 0 saturated carbocycles. The highest BCUT2D eigenvalue weighted by atomic mass is 16.5. The molecule has 0 aromatic heterocycles. The fourth-order valence-corrected chi connectivity index (χ4v) is 1.65. The van der Waals surface area contributed by atoms with Gasteiger partial charge in [-0.3, -0.25) is 4.79 Å². The third-order valence-electron chi connectivity index (χ3n) is 2.34. The van der Waals surface area contributed by atoms with Gasteiger partial charge in [-0.25, -0.2) is 0 Å². The monoisotopic (exact) mass is 230 g/mol. The summed E-state index contributed by atoms with van der Waals surface area (Å²) in [5.74, 6) is 0.832. The molecule has 0 saturated heterocycles. The van der Waals surface area contributed by atoms with Crippen LogP contribution < -0.4 is 4.74 Å².